The Labute approximate surface area is 126 Å². The maximum Gasteiger partial charge on any atom is 0.229 e. The number of hydrogen-bond donors (Lipinski definition) is 2. The summed E-state index contributed by atoms with van der Waals surface area (Å²) in [7, 11) is 0. The van der Waals surface area contributed by atoms with Gasteiger partial charge in [0, 0.05) is 18.8 Å². The molecule has 2 heterocycles. The molecule has 2 unspecified atom stereocenters. The number of benzene rings is 1. The quantitative estimate of drug-likeness (QED) is 0.891. The normalized spacial score (nSPS) is 26.1. The van der Waals surface area contributed by atoms with E-state index in [0.29, 0.717) is 5.92 Å². The Morgan fingerprint density at radius 3 is 2.57 bits per heavy atom. The van der Waals surface area contributed by atoms with Crippen LogP contribution < -0.4 is 10.6 Å². The summed E-state index contributed by atoms with van der Waals surface area (Å²) in [6, 6.07) is 8.31. The Hall–Kier alpha value is -1.39. The highest BCUT2D eigenvalue weighted by molar-refractivity contribution is 5.93. The maximum atomic E-state index is 12.2. The van der Waals surface area contributed by atoms with E-state index in [-0.39, 0.29) is 11.8 Å². The van der Waals surface area contributed by atoms with Gasteiger partial charge < -0.3 is 10.6 Å². The van der Waals surface area contributed by atoms with Gasteiger partial charge in [0.05, 0.1) is 5.92 Å². The van der Waals surface area contributed by atoms with Gasteiger partial charge in [0.25, 0.3) is 0 Å². The number of hydrogen-bond acceptors (Lipinski definition) is 3. The van der Waals surface area contributed by atoms with Gasteiger partial charge in [0.1, 0.15) is 0 Å². The van der Waals surface area contributed by atoms with Crippen LogP contribution in [-0.4, -0.2) is 37.0 Å². The van der Waals surface area contributed by atoms with Crippen molar-refractivity contribution in [3.8, 4) is 0 Å². The van der Waals surface area contributed by atoms with Crippen LogP contribution in [0.1, 0.15) is 25.3 Å². The van der Waals surface area contributed by atoms with E-state index in [4.69, 9.17) is 0 Å². The van der Waals surface area contributed by atoms with E-state index in [9.17, 15) is 4.79 Å². The van der Waals surface area contributed by atoms with Crippen LogP contribution in [0.4, 0.5) is 5.69 Å². The fraction of sp³-hybridized carbons (Fsp3) is 0.588. The van der Waals surface area contributed by atoms with E-state index in [0.717, 1.165) is 25.3 Å². The number of amides is 1. The molecular weight excluding hydrogens is 262 g/mol. The van der Waals surface area contributed by atoms with Gasteiger partial charge in [0.2, 0.25) is 5.91 Å². The van der Waals surface area contributed by atoms with Gasteiger partial charge in [-0.3, -0.25) is 9.69 Å². The molecule has 2 N–H and O–H groups in total. The maximum absolute atomic E-state index is 12.2. The lowest BCUT2D eigenvalue weighted by Crippen LogP contribution is -2.27. The highest BCUT2D eigenvalue weighted by Gasteiger charge is 2.29. The van der Waals surface area contributed by atoms with Crippen LogP contribution in [0.3, 0.4) is 0 Å². The molecule has 4 heteroatoms. The van der Waals surface area contributed by atoms with Crippen LogP contribution in [0.5, 0.6) is 0 Å². The first-order valence-corrected chi connectivity index (χ1v) is 8.05. The minimum atomic E-state index is 0.0919. The van der Waals surface area contributed by atoms with Gasteiger partial charge in [0.15, 0.2) is 0 Å². The Kier molecular flexibility index (Phi) is 4.56. The summed E-state index contributed by atoms with van der Waals surface area (Å²) in [6.07, 6.45) is 2.64. The molecule has 0 radical (unpaired) electrons. The summed E-state index contributed by atoms with van der Waals surface area (Å²) >= 11 is 0. The smallest absolute Gasteiger partial charge is 0.229 e. The van der Waals surface area contributed by atoms with E-state index in [1.165, 1.54) is 31.5 Å². The van der Waals surface area contributed by atoms with E-state index in [1.54, 1.807) is 0 Å². The number of likely N-dealkylation sites (tertiary alicyclic amines) is 1. The molecule has 2 aliphatic rings. The predicted molar refractivity (Wildman–Crippen MR) is 85.1 cm³/mol. The molecule has 2 fully saturated rings. The fourth-order valence-corrected chi connectivity index (χ4v) is 3.29. The third-order valence-corrected chi connectivity index (χ3v) is 4.68. The zero-order chi connectivity index (χ0) is 14.7. The van der Waals surface area contributed by atoms with Crippen molar-refractivity contribution >= 4 is 11.6 Å². The van der Waals surface area contributed by atoms with Gasteiger partial charge in [-0.1, -0.05) is 19.1 Å². The molecule has 0 bridgehead atoms. The molecule has 114 valence electrons. The van der Waals surface area contributed by atoms with Gasteiger partial charge >= 0.3 is 0 Å². The monoisotopic (exact) mass is 287 g/mol. The number of anilines is 1. The number of rotatable bonds is 4. The van der Waals surface area contributed by atoms with Crippen molar-refractivity contribution in [3.05, 3.63) is 29.8 Å². The van der Waals surface area contributed by atoms with Crippen molar-refractivity contribution < 1.29 is 4.79 Å². The fourth-order valence-electron chi connectivity index (χ4n) is 3.29. The lowest BCUT2D eigenvalue weighted by molar-refractivity contribution is -0.120. The first-order chi connectivity index (χ1) is 10.2. The summed E-state index contributed by atoms with van der Waals surface area (Å²) in [5.41, 5.74) is 2.23. The van der Waals surface area contributed by atoms with E-state index in [2.05, 4.69) is 34.6 Å². The molecule has 1 aromatic carbocycles. The molecule has 0 aromatic heterocycles. The van der Waals surface area contributed by atoms with Crippen molar-refractivity contribution in [2.24, 2.45) is 11.8 Å². The topological polar surface area (TPSA) is 44.4 Å². The van der Waals surface area contributed by atoms with Crippen LogP contribution in [0, 0.1) is 11.8 Å². The van der Waals surface area contributed by atoms with Crippen LogP contribution >= 0.6 is 0 Å². The molecule has 1 amide bonds. The van der Waals surface area contributed by atoms with Crippen molar-refractivity contribution in [2.45, 2.75) is 26.3 Å². The van der Waals surface area contributed by atoms with E-state index in [1.807, 2.05) is 12.1 Å². The highest BCUT2D eigenvalue weighted by atomic mass is 16.1. The Balaban J connectivity index is 1.55. The molecule has 21 heavy (non-hydrogen) atoms. The second-order valence-electron chi connectivity index (χ2n) is 6.41. The Morgan fingerprint density at radius 2 is 1.95 bits per heavy atom. The van der Waals surface area contributed by atoms with Gasteiger partial charge in [-0.2, -0.15) is 0 Å². The third-order valence-electron chi connectivity index (χ3n) is 4.68. The number of nitrogens with zero attached hydrogens (tertiary/aromatic N) is 1. The second kappa shape index (κ2) is 6.58. The molecule has 4 nitrogen and oxygen atoms in total. The van der Waals surface area contributed by atoms with E-state index >= 15 is 0 Å². The first-order valence-electron chi connectivity index (χ1n) is 8.05. The van der Waals surface area contributed by atoms with Gasteiger partial charge in [-0.25, -0.2) is 0 Å². The second-order valence-corrected chi connectivity index (χ2v) is 6.41. The van der Waals surface area contributed by atoms with Crippen molar-refractivity contribution in [2.75, 3.05) is 31.5 Å². The summed E-state index contributed by atoms with van der Waals surface area (Å²) in [5.74, 6) is 0.647. The summed E-state index contributed by atoms with van der Waals surface area (Å²) in [5, 5.41) is 6.31. The molecule has 2 aliphatic heterocycles. The minimum absolute atomic E-state index is 0.0919. The SMILES string of the molecule is CC1CNCC1C(=O)Nc1ccc(CN2CCCC2)cc1. The summed E-state index contributed by atoms with van der Waals surface area (Å²) < 4.78 is 0. The third kappa shape index (κ3) is 3.63. The Morgan fingerprint density at radius 1 is 1.24 bits per heavy atom. The molecular formula is C17H25N3O. The molecule has 0 saturated carbocycles. The molecule has 3 rings (SSSR count). The lowest BCUT2D eigenvalue weighted by atomic mass is 9.97. The number of carbonyl (C=O) groups is 1. The highest BCUT2D eigenvalue weighted by Crippen LogP contribution is 2.19. The molecule has 0 spiro atoms. The molecule has 2 saturated heterocycles. The largest absolute Gasteiger partial charge is 0.326 e. The lowest BCUT2D eigenvalue weighted by Gasteiger charge is -2.16. The summed E-state index contributed by atoms with van der Waals surface area (Å²) in [6.45, 7) is 7.31. The standard InChI is InChI=1S/C17H25N3O/c1-13-10-18-11-16(13)17(21)19-15-6-4-14(5-7-15)12-20-8-2-3-9-20/h4-7,13,16,18H,2-3,8-12H2,1H3,(H,19,21). The zero-order valence-electron chi connectivity index (χ0n) is 12.8. The molecule has 0 aliphatic carbocycles. The van der Waals surface area contributed by atoms with E-state index < -0.39 is 0 Å². The average molecular weight is 287 g/mol. The van der Waals surface area contributed by atoms with Crippen LogP contribution in [0.2, 0.25) is 0 Å². The van der Waals surface area contributed by atoms with Crippen LogP contribution in [-0.2, 0) is 11.3 Å². The predicted octanol–water partition coefficient (Wildman–Crippen LogP) is 2.08. The Bertz CT molecular complexity index is 479. The van der Waals surface area contributed by atoms with Gasteiger partial charge in [-0.15, -0.1) is 0 Å². The van der Waals surface area contributed by atoms with Crippen LogP contribution in [0.15, 0.2) is 24.3 Å². The molecule has 2 atom stereocenters. The van der Waals surface area contributed by atoms with Gasteiger partial charge in [-0.05, 0) is 56.1 Å². The van der Waals surface area contributed by atoms with Crippen molar-refractivity contribution in [3.63, 3.8) is 0 Å². The molecule has 1 aromatic rings. The number of carbonyl (C=O) groups excluding carboxylic acids is 1. The van der Waals surface area contributed by atoms with Crippen molar-refractivity contribution in [1.29, 1.82) is 0 Å². The average Bonchev–Trinajstić information content (AvgIpc) is 3.12. The van der Waals surface area contributed by atoms with Crippen LogP contribution in [0.25, 0.3) is 0 Å². The summed E-state index contributed by atoms with van der Waals surface area (Å²) in [4.78, 5) is 14.7. The zero-order valence-corrected chi connectivity index (χ0v) is 12.8. The van der Waals surface area contributed by atoms with Crippen molar-refractivity contribution in [1.82, 2.24) is 10.2 Å². The first kappa shape index (κ1) is 14.5. The number of nitrogens with one attached hydrogen (secondary N) is 2. The minimum Gasteiger partial charge on any atom is -0.326 e.